The van der Waals surface area contributed by atoms with Crippen molar-refractivity contribution in [2.45, 2.75) is 19.9 Å². The van der Waals surface area contributed by atoms with Crippen molar-refractivity contribution in [3.05, 3.63) is 125 Å². The largest absolute Gasteiger partial charge is 0.463 e. The summed E-state index contributed by atoms with van der Waals surface area (Å²) in [5, 5.41) is 2.76. The van der Waals surface area contributed by atoms with Crippen molar-refractivity contribution in [3.8, 4) is 11.3 Å². The molecule has 6 rings (SSSR count). The lowest BCUT2D eigenvalue weighted by Crippen LogP contribution is -2.40. The number of esters is 1. The SMILES string of the molecule is CCOC(=O)C1=C(C)N=c2s/c(=C/c3ccc(-c4cccc(Cl)c4Cl)o3)c(=O)n2[C@H]1c1cccc2ccccc12. The van der Waals surface area contributed by atoms with Gasteiger partial charge in [-0.2, -0.15) is 0 Å². The van der Waals surface area contributed by atoms with Crippen LogP contribution in [0.5, 0.6) is 0 Å². The van der Waals surface area contributed by atoms with E-state index in [0.717, 1.165) is 16.3 Å². The number of thiazole rings is 1. The Hall–Kier alpha value is -3.91. The fourth-order valence-electron chi connectivity index (χ4n) is 4.97. The molecule has 40 heavy (non-hydrogen) atoms. The molecule has 200 valence electrons. The number of hydrogen-bond donors (Lipinski definition) is 0. The van der Waals surface area contributed by atoms with Gasteiger partial charge in [0, 0.05) is 11.6 Å². The minimum atomic E-state index is -0.707. The van der Waals surface area contributed by atoms with Crippen molar-refractivity contribution < 1.29 is 13.9 Å². The molecule has 0 bridgehead atoms. The third-order valence-corrected chi connectivity index (χ3v) is 8.55. The zero-order chi connectivity index (χ0) is 28.0. The molecule has 3 heterocycles. The second kappa shape index (κ2) is 10.6. The van der Waals surface area contributed by atoms with Crippen molar-refractivity contribution >= 4 is 57.4 Å². The highest BCUT2D eigenvalue weighted by atomic mass is 35.5. The van der Waals surface area contributed by atoms with Crippen LogP contribution in [-0.2, 0) is 9.53 Å². The number of benzene rings is 3. The number of hydrogen-bond acceptors (Lipinski definition) is 6. The van der Waals surface area contributed by atoms with Crippen molar-refractivity contribution in [3.63, 3.8) is 0 Å². The van der Waals surface area contributed by atoms with E-state index in [0.29, 0.717) is 47.7 Å². The second-order valence-corrected chi connectivity index (χ2v) is 11.0. The average Bonchev–Trinajstić information content (AvgIpc) is 3.53. The van der Waals surface area contributed by atoms with Crippen LogP contribution in [0, 0.1) is 0 Å². The summed E-state index contributed by atoms with van der Waals surface area (Å²) in [6.45, 7) is 3.74. The second-order valence-electron chi connectivity index (χ2n) is 9.17. The van der Waals surface area contributed by atoms with Gasteiger partial charge in [-0.25, -0.2) is 9.79 Å². The molecule has 3 aromatic carbocycles. The predicted octanol–water partition coefficient (Wildman–Crippen LogP) is 6.52. The minimum absolute atomic E-state index is 0.208. The van der Waals surface area contributed by atoms with Gasteiger partial charge in [-0.05, 0) is 54.4 Å². The number of rotatable bonds is 5. The van der Waals surface area contributed by atoms with Crippen LogP contribution in [0.3, 0.4) is 0 Å². The van der Waals surface area contributed by atoms with Gasteiger partial charge in [0.05, 0.1) is 38.5 Å². The monoisotopic (exact) mass is 588 g/mol. The standard InChI is InChI=1S/C31H22Cl2N2O4S/c1-3-38-30(37)26-17(2)34-31-35(28(26)21-11-6-9-18-8-4-5-10-20(18)21)29(36)25(40-31)16-19-14-15-24(39-19)22-12-7-13-23(32)27(22)33/h4-16,28H,3H2,1-2H3/b25-16+/t28-/m0/s1. The van der Waals surface area contributed by atoms with Crippen molar-refractivity contribution in [1.82, 2.24) is 4.57 Å². The van der Waals surface area contributed by atoms with E-state index in [1.54, 1.807) is 48.8 Å². The lowest BCUT2D eigenvalue weighted by Gasteiger charge is -2.25. The average molecular weight is 590 g/mol. The van der Waals surface area contributed by atoms with Crippen LogP contribution < -0.4 is 14.9 Å². The number of halogens is 2. The molecule has 0 saturated carbocycles. The topological polar surface area (TPSA) is 73.8 Å². The lowest BCUT2D eigenvalue weighted by molar-refractivity contribution is -0.139. The minimum Gasteiger partial charge on any atom is -0.463 e. The highest BCUT2D eigenvalue weighted by molar-refractivity contribution is 7.07. The van der Waals surface area contributed by atoms with Gasteiger partial charge < -0.3 is 9.15 Å². The van der Waals surface area contributed by atoms with E-state index in [1.807, 2.05) is 48.5 Å². The molecule has 0 aliphatic carbocycles. The summed E-state index contributed by atoms with van der Waals surface area (Å²) in [5.41, 5.74) is 2.04. The molecule has 1 aliphatic heterocycles. The number of nitrogens with zero attached hydrogens (tertiary/aromatic N) is 2. The number of ether oxygens (including phenoxy) is 1. The maximum Gasteiger partial charge on any atom is 0.338 e. The first-order valence-electron chi connectivity index (χ1n) is 12.6. The highest BCUT2D eigenvalue weighted by Crippen LogP contribution is 2.36. The van der Waals surface area contributed by atoms with E-state index in [2.05, 4.69) is 4.99 Å². The van der Waals surface area contributed by atoms with Crippen molar-refractivity contribution in [2.24, 2.45) is 4.99 Å². The number of carbonyl (C=O) groups excluding carboxylic acids is 1. The molecule has 1 atom stereocenters. The number of aromatic nitrogens is 1. The molecule has 0 spiro atoms. The van der Waals surface area contributed by atoms with Gasteiger partial charge >= 0.3 is 5.97 Å². The Morgan fingerprint density at radius 3 is 2.67 bits per heavy atom. The summed E-state index contributed by atoms with van der Waals surface area (Å²) < 4.78 is 13.4. The molecule has 6 nitrogen and oxygen atoms in total. The fraction of sp³-hybridized carbons (Fsp3) is 0.129. The lowest BCUT2D eigenvalue weighted by atomic mass is 9.91. The van der Waals surface area contributed by atoms with Crippen molar-refractivity contribution in [2.75, 3.05) is 6.61 Å². The number of carbonyl (C=O) groups is 1. The van der Waals surface area contributed by atoms with Crippen LogP contribution >= 0.6 is 34.5 Å². The molecular formula is C31H22Cl2N2O4S. The third kappa shape index (κ3) is 4.50. The molecule has 0 fully saturated rings. The molecular weight excluding hydrogens is 567 g/mol. The van der Waals surface area contributed by atoms with Crippen molar-refractivity contribution in [1.29, 1.82) is 0 Å². The number of allylic oxidation sites excluding steroid dienone is 1. The summed E-state index contributed by atoms with van der Waals surface area (Å²) in [5.74, 6) is 0.505. The van der Waals surface area contributed by atoms with Crippen LogP contribution in [0.25, 0.3) is 28.2 Å². The van der Waals surface area contributed by atoms with Gasteiger partial charge in [0.25, 0.3) is 5.56 Å². The summed E-state index contributed by atoms with van der Waals surface area (Å²) in [4.78, 5) is 32.4. The van der Waals surface area contributed by atoms with Gasteiger partial charge in [0.15, 0.2) is 4.80 Å². The number of fused-ring (bicyclic) bond motifs is 2. The Morgan fingerprint density at radius 2 is 1.85 bits per heavy atom. The Labute approximate surface area is 243 Å². The zero-order valence-electron chi connectivity index (χ0n) is 21.5. The first kappa shape index (κ1) is 26.3. The molecule has 0 unspecified atom stereocenters. The molecule has 9 heteroatoms. The van der Waals surface area contributed by atoms with Gasteiger partial charge in [-0.3, -0.25) is 9.36 Å². The van der Waals surface area contributed by atoms with Crippen LogP contribution in [0.1, 0.15) is 31.2 Å². The van der Waals surface area contributed by atoms with E-state index >= 15 is 0 Å². The van der Waals surface area contributed by atoms with Gasteiger partial charge in [0.1, 0.15) is 11.5 Å². The summed E-state index contributed by atoms with van der Waals surface area (Å²) >= 11 is 13.8. The summed E-state index contributed by atoms with van der Waals surface area (Å²) in [6.07, 6.45) is 1.68. The highest BCUT2D eigenvalue weighted by Gasteiger charge is 2.34. The molecule has 0 N–H and O–H groups in total. The molecule has 0 amide bonds. The summed E-state index contributed by atoms with van der Waals surface area (Å²) in [7, 11) is 0. The van der Waals surface area contributed by atoms with Crippen LogP contribution in [0.2, 0.25) is 10.0 Å². The fourth-order valence-corrected chi connectivity index (χ4v) is 6.39. The predicted molar refractivity (Wildman–Crippen MR) is 159 cm³/mol. The van der Waals surface area contributed by atoms with E-state index in [9.17, 15) is 9.59 Å². The van der Waals surface area contributed by atoms with Crippen LogP contribution in [0.4, 0.5) is 0 Å². The zero-order valence-corrected chi connectivity index (χ0v) is 23.8. The van der Waals surface area contributed by atoms with Gasteiger partial charge in [-0.1, -0.05) is 83.1 Å². The van der Waals surface area contributed by atoms with Crippen LogP contribution in [-0.4, -0.2) is 17.1 Å². The molecule has 2 aromatic heterocycles. The number of furan rings is 1. The Balaban J connectivity index is 1.53. The maximum atomic E-state index is 14.0. The van der Waals surface area contributed by atoms with E-state index in [1.165, 1.54) is 11.3 Å². The smallest absolute Gasteiger partial charge is 0.338 e. The Morgan fingerprint density at radius 1 is 1.07 bits per heavy atom. The van der Waals surface area contributed by atoms with E-state index in [4.69, 9.17) is 32.4 Å². The molecule has 1 aliphatic rings. The van der Waals surface area contributed by atoms with Crippen LogP contribution in [0.15, 0.2) is 98.3 Å². The molecule has 5 aromatic rings. The van der Waals surface area contributed by atoms with E-state index in [-0.39, 0.29) is 12.2 Å². The Bertz CT molecular complexity index is 2010. The Kier molecular flexibility index (Phi) is 6.96. The third-order valence-electron chi connectivity index (χ3n) is 6.75. The van der Waals surface area contributed by atoms with E-state index < -0.39 is 12.0 Å². The van der Waals surface area contributed by atoms with Gasteiger partial charge in [-0.15, -0.1) is 0 Å². The quantitative estimate of drug-likeness (QED) is 0.219. The first-order valence-corrected chi connectivity index (χ1v) is 14.2. The summed E-state index contributed by atoms with van der Waals surface area (Å²) in [6, 6.07) is 21.9. The maximum absolute atomic E-state index is 14.0. The molecule has 0 radical (unpaired) electrons. The van der Waals surface area contributed by atoms with Gasteiger partial charge in [0.2, 0.25) is 0 Å². The normalized spacial score (nSPS) is 15.3. The first-order chi connectivity index (χ1) is 19.4. The molecule has 0 saturated heterocycles.